The minimum Gasteiger partial charge on any atom is -0.467 e. The van der Waals surface area contributed by atoms with Gasteiger partial charge >= 0.3 is 12.1 Å². The molecule has 0 fully saturated rings. The Morgan fingerprint density at radius 3 is 2.56 bits per heavy atom. The summed E-state index contributed by atoms with van der Waals surface area (Å²) >= 11 is 0. The first-order valence-electron chi connectivity index (χ1n) is 7.27. The zero-order valence-electron chi connectivity index (χ0n) is 13.8. The number of nitro groups is 1. The number of carbonyl (C=O) groups excluding carboxylic acids is 2. The van der Waals surface area contributed by atoms with E-state index in [1.165, 1.54) is 7.11 Å². The first-order chi connectivity index (χ1) is 11.5. The van der Waals surface area contributed by atoms with Crippen LogP contribution in [0.4, 0.5) is 4.79 Å². The molecule has 9 nitrogen and oxygen atoms in total. The third-order valence-corrected chi connectivity index (χ3v) is 2.90. The molecule has 0 aromatic heterocycles. The highest BCUT2D eigenvalue weighted by molar-refractivity contribution is 7.59. The number of nitrogens with one attached hydrogen (secondary N) is 1. The molecule has 0 aliphatic heterocycles. The standard InChI is InChI=1S/C15H20N2O7.H2S/c1-22-14(18)13(11-23-9-5-8-17(20)21)16-15(19)24-10-12-6-3-2-4-7-12;/h2-4,6-7,13H,5,8-11H2,1H3,(H,16,19);1H2/t13-;/m0./s1. The fourth-order valence-corrected chi connectivity index (χ4v) is 1.71. The lowest BCUT2D eigenvalue weighted by Crippen LogP contribution is -2.45. The zero-order chi connectivity index (χ0) is 17.8. The van der Waals surface area contributed by atoms with Crippen molar-refractivity contribution >= 4 is 25.6 Å². The number of ether oxygens (including phenoxy) is 3. The van der Waals surface area contributed by atoms with Crippen LogP contribution < -0.4 is 5.32 Å². The summed E-state index contributed by atoms with van der Waals surface area (Å²) in [7, 11) is 1.18. The normalized spacial score (nSPS) is 10.9. The van der Waals surface area contributed by atoms with Crippen molar-refractivity contribution in [2.45, 2.75) is 19.1 Å². The van der Waals surface area contributed by atoms with Crippen molar-refractivity contribution in [3.05, 3.63) is 46.0 Å². The van der Waals surface area contributed by atoms with Gasteiger partial charge in [0.25, 0.3) is 0 Å². The third kappa shape index (κ3) is 10.2. The first kappa shape index (κ1) is 22.7. The van der Waals surface area contributed by atoms with E-state index in [1.807, 2.05) is 18.2 Å². The van der Waals surface area contributed by atoms with E-state index in [4.69, 9.17) is 9.47 Å². The zero-order valence-corrected chi connectivity index (χ0v) is 14.8. The van der Waals surface area contributed by atoms with Crippen molar-refractivity contribution in [3.8, 4) is 0 Å². The summed E-state index contributed by atoms with van der Waals surface area (Å²) in [6, 6.07) is 8.01. The van der Waals surface area contributed by atoms with E-state index in [-0.39, 0.29) is 46.3 Å². The average molecular weight is 374 g/mol. The lowest BCUT2D eigenvalue weighted by molar-refractivity contribution is -0.481. The number of amides is 1. The van der Waals surface area contributed by atoms with Gasteiger partial charge in [0, 0.05) is 11.3 Å². The van der Waals surface area contributed by atoms with Gasteiger partial charge in [-0.2, -0.15) is 13.5 Å². The Morgan fingerprint density at radius 1 is 1.28 bits per heavy atom. The number of nitrogens with zero attached hydrogens (tertiary/aromatic N) is 1. The second-order valence-electron chi connectivity index (χ2n) is 4.77. The topological polar surface area (TPSA) is 117 Å². The van der Waals surface area contributed by atoms with E-state index in [9.17, 15) is 19.7 Å². The smallest absolute Gasteiger partial charge is 0.408 e. The maximum Gasteiger partial charge on any atom is 0.408 e. The van der Waals surface area contributed by atoms with Crippen LogP contribution in [0, 0.1) is 10.1 Å². The summed E-state index contributed by atoms with van der Waals surface area (Å²) in [6.45, 7) is -0.236. The van der Waals surface area contributed by atoms with Crippen LogP contribution in [0.1, 0.15) is 12.0 Å². The lowest BCUT2D eigenvalue weighted by atomic mass is 10.2. The highest BCUT2D eigenvalue weighted by Gasteiger charge is 2.22. The van der Waals surface area contributed by atoms with Gasteiger partial charge in [0.2, 0.25) is 6.54 Å². The summed E-state index contributed by atoms with van der Waals surface area (Å²) < 4.78 is 14.7. The molecule has 140 valence electrons. The van der Waals surface area contributed by atoms with E-state index in [1.54, 1.807) is 12.1 Å². The monoisotopic (exact) mass is 374 g/mol. The number of carbonyl (C=O) groups is 2. The van der Waals surface area contributed by atoms with Crippen LogP contribution in [0.3, 0.4) is 0 Å². The van der Waals surface area contributed by atoms with Gasteiger partial charge in [-0.3, -0.25) is 10.1 Å². The van der Waals surface area contributed by atoms with E-state index >= 15 is 0 Å². The number of hydrogen-bond acceptors (Lipinski definition) is 7. The molecule has 1 N–H and O–H groups in total. The fourth-order valence-electron chi connectivity index (χ4n) is 1.71. The van der Waals surface area contributed by atoms with E-state index in [0.29, 0.717) is 0 Å². The number of hydrogen-bond donors (Lipinski definition) is 1. The van der Waals surface area contributed by atoms with Crippen molar-refractivity contribution < 1.29 is 28.7 Å². The molecule has 1 atom stereocenters. The second-order valence-corrected chi connectivity index (χ2v) is 4.77. The Labute approximate surface area is 152 Å². The molecule has 10 heteroatoms. The van der Waals surface area contributed by atoms with Crippen LogP contribution in [-0.2, 0) is 25.6 Å². The molecular formula is C15H22N2O7S. The predicted octanol–water partition coefficient (Wildman–Crippen LogP) is 1.25. The van der Waals surface area contributed by atoms with Crippen molar-refractivity contribution in [2.24, 2.45) is 0 Å². The number of alkyl carbamates (subject to hydrolysis) is 1. The highest BCUT2D eigenvalue weighted by atomic mass is 32.1. The number of esters is 1. The maximum absolute atomic E-state index is 11.7. The largest absolute Gasteiger partial charge is 0.467 e. The second kappa shape index (κ2) is 13.0. The molecule has 1 aromatic carbocycles. The van der Waals surface area contributed by atoms with Gasteiger partial charge in [0.05, 0.1) is 20.3 Å². The third-order valence-electron chi connectivity index (χ3n) is 2.90. The van der Waals surface area contributed by atoms with Crippen molar-refractivity contribution in [1.82, 2.24) is 5.32 Å². The molecule has 0 heterocycles. The Bertz CT molecular complexity index is 542. The Kier molecular flexibility index (Phi) is 11.8. The molecule has 0 unspecified atom stereocenters. The SMILES string of the molecule is COC(=O)[C@H](COCCC[N+](=O)[O-])NC(=O)OCc1ccccc1.S. The maximum atomic E-state index is 11.7. The minimum absolute atomic E-state index is 0. The summed E-state index contributed by atoms with van der Waals surface area (Å²) in [5, 5.41) is 12.5. The molecule has 0 aliphatic rings. The van der Waals surface area contributed by atoms with Crippen LogP contribution in [0.25, 0.3) is 0 Å². The van der Waals surface area contributed by atoms with Crippen LogP contribution >= 0.6 is 13.5 Å². The molecule has 0 saturated heterocycles. The number of methoxy groups -OCH3 is 1. The van der Waals surface area contributed by atoms with Gasteiger partial charge in [-0.05, 0) is 5.56 Å². The van der Waals surface area contributed by atoms with E-state index < -0.39 is 23.0 Å². The van der Waals surface area contributed by atoms with Gasteiger partial charge in [-0.1, -0.05) is 30.3 Å². The average Bonchev–Trinajstić information content (AvgIpc) is 2.58. The van der Waals surface area contributed by atoms with Crippen molar-refractivity contribution in [3.63, 3.8) is 0 Å². The fraction of sp³-hybridized carbons (Fsp3) is 0.467. The Hall–Kier alpha value is -2.33. The van der Waals surface area contributed by atoms with Gasteiger partial charge in [0.1, 0.15) is 6.61 Å². The molecule has 0 spiro atoms. The summed E-state index contributed by atoms with van der Waals surface area (Å²) in [4.78, 5) is 33.1. The van der Waals surface area contributed by atoms with Crippen molar-refractivity contribution in [2.75, 3.05) is 26.9 Å². The number of benzene rings is 1. The van der Waals surface area contributed by atoms with Crippen LogP contribution in [0.5, 0.6) is 0 Å². The highest BCUT2D eigenvalue weighted by Crippen LogP contribution is 2.01. The molecule has 0 bridgehead atoms. The van der Waals surface area contributed by atoms with Gasteiger partial charge in [-0.25, -0.2) is 9.59 Å². The summed E-state index contributed by atoms with van der Waals surface area (Å²) in [6.07, 6.45) is -0.581. The summed E-state index contributed by atoms with van der Waals surface area (Å²) in [5.74, 6) is -0.694. The van der Waals surface area contributed by atoms with Gasteiger partial charge in [-0.15, -0.1) is 0 Å². The quantitative estimate of drug-likeness (QED) is 0.283. The first-order valence-corrected chi connectivity index (χ1v) is 7.27. The number of rotatable bonds is 10. The van der Waals surface area contributed by atoms with Crippen LogP contribution in [-0.4, -0.2) is 49.9 Å². The molecule has 0 saturated carbocycles. The van der Waals surface area contributed by atoms with Crippen molar-refractivity contribution in [1.29, 1.82) is 0 Å². The Morgan fingerprint density at radius 2 is 1.96 bits per heavy atom. The lowest BCUT2D eigenvalue weighted by Gasteiger charge is -2.16. The molecule has 1 amide bonds. The predicted molar refractivity (Wildman–Crippen MR) is 93.2 cm³/mol. The molecule has 1 aromatic rings. The molecule has 0 radical (unpaired) electrons. The summed E-state index contributed by atoms with van der Waals surface area (Å²) in [5.41, 5.74) is 0.804. The van der Waals surface area contributed by atoms with Gasteiger partial charge < -0.3 is 19.5 Å². The van der Waals surface area contributed by atoms with E-state index in [0.717, 1.165) is 5.56 Å². The molecule has 25 heavy (non-hydrogen) atoms. The van der Waals surface area contributed by atoms with Gasteiger partial charge in [0.15, 0.2) is 6.04 Å². The Balaban J connectivity index is 0.00000576. The minimum atomic E-state index is -1.05. The van der Waals surface area contributed by atoms with E-state index in [2.05, 4.69) is 10.1 Å². The molecule has 0 aliphatic carbocycles. The molecule has 1 rings (SSSR count). The van der Waals surface area contributed by atoms with Crippen LogP contribution in [0.2, 0.25) is 0 Å². The van der Waals surface area contributed by atoms with Crippen LogP contribution in [0.15, 0.2) is 30.3 Å². The molecular weight excluding hydrogens is 352 g/mol.